The van der Waals surface area contributed by atoms with E-state index in [-0.39, 0.29) is 49.8 Å². The Morgan fingerprint density at radius 1 is 0.780 bits per heavy atom. The Balaban J connectivity index is 0.904. The number of terminal acetylenes is 1. The fourth-order valence-corrected chi connectivity index (χ4v) is 11.6. The molecule has 3 fully saturated rings. The van der Waals surface area contributed by atoms with Crippen LogP contribution in [0.15, 0.2) is 59.8 Å². The van der Waals surface area contributed by atoms with Crippen LogP contribution >= 0.6 is 22.6 Å². The van der Waals surface area contributed by atoms with Crippen molar-refractivity contribution in [3.8, 4) is 18.1 Å². The number of aromatic nitrogens is 1. The quantitative estimate of drug-likeness (QED) is 0.0101. The van der Waals surface area contributed by atoms with Gasteiger partial charge in [-0.1, -0.05) is 24.5 Å². The van der Waals surface area contributed by atoms with Crippen LogP contribution in [-0.4, -0.2) is 231 Å². The molecule has 27 heteroatoms. The van der Waals surface area contributed by atoms with E-state index in [0.717, 1.165) is 66.3 Å². The molecule has 24 nitrogen and oxygen atoms in total. The van der Waals surface area contributed by atoms with Crippen molar-refractivity contribution in [3.05, 3.63) is 69.4 Å². The highest BCUT2D eigenvalue weighted by Gasteiger charge is 2.46. The van der Waals surface area contributed by atoms with Crippen LogP contribution in [0.1, 0.15) is 112 Å². The van der Waals surface area contributed by atoms with E-state index in [0.29, 0.717) is 153 Å². The maximum Gasteiger partial charge on any atom is 0.317 e. The van der Waals surface area contributed by atoms with Crippen molar-refractivity contribution >= 4 is 88.2 Å². The van der Waals surface area contributed by atoms with E-state index < -0.39 is 55.4 Å². The van der Waals surface area contributed by atoms with Gasteiger partial charge in [-0.05, 0) is 148 Å². The van der Waals surface area contributed by atoms with Crippen molar-refractivity contribution in [1.29, 1.82) is 0 Å². The number of aliphatic carboxylic acids is 1. The number of carboxylic acids is 1. The molecule has 0 spiro atoms. The van der Waals surface area contributed by atoms with Crippen LogP contribution in [0.3, 0.4) is 0 Å². The van der Waals surface area contributed by atoms with E-state index in [9.17, 15) is 52.2 Å². The van der Waals surface area contributed by atoms with Crippen molar-refractivity contribution in [2.75, 3.05) is 118 Å². The minimum Gasteiger partial charge on any atom is -0.494 e. The van der Waals surface area contributed by atoms with E-state index in [4.69, 9.17) is 20.6 Å². The molecule has 3 saturated heterocycles. The smallest absolute Gasteiger partial charge is 0.317 e. The fraction of sp³-hybridized carbons (Fsp3) is 0.594. The largest absolute Gasteiger partial charge is 0.494 e. The van der Waals surface area contributed by atoms with Gasteiger partial charge in [0.1, 0.15) is 25.4 Å². The van der Waals surface area contributed by atoms with Crippen LogP contribution in [0.5, 0.6) is 5.75 Å². The number of carboxylic acid groups (broad SMARTS) is 1. The molecule has 91 heavy (non-hydrogen) atoms. The number of benzene rings is 2. The number of rotatable bonds is 36. The van der Waals surface area contributed by atoms with E-state index in [1.54, 1.807) is 29.3 Å². The first-order chi connectivity index (χ1) is 44.0. The third-order valence-corrected chi connectivity index (χ3v) is 17.1. The van der Waals surface area contributed by atoms with Gasteiger partial charge in [0, 0.05) is 113 Å². The highest BCUT2D eigenvalue weighted by Crippen LogP contribution is 2.32. The van der Waals surface area contributed by atoms with Gasteiger partial charge in [-0.2, -0.15) is 5.10 Å². The summed E-state index contributed by atoms with van der Waals surface area (Å²) in [5.74, 6) is -2.23. The van der Waals surface area contributed by atoms with Gasteiger partial charge < -0.3 is 45.1 Å². The number of piperidine rings is 1. The summed E-state index contributed by atoms with van der Waals surface area (Å²) in [7, 11) is 0. The molecule has 2 aromatic carbocycles. The van der Waals surface area contributed by atoms with Gasteiger partial charge in [-0.15, -0.1) is 6.42 Å². The molecule has 0 aliphatic carbocycles. The number of nitrogens with zero attached hydrogens (tertiary/aromatic N) is 8. The molecule has 0 bridgehead atoms. The molecule has 5 amide bonds. The predicted molar refractivity (Wildman–Crippen MR) is 345 cm³/mol. The molecular formula is C64H89F2IN12O12. The zero-order valence-corrected chi connectivity index (χ0v) is 54.1. The Morgan fingerprint density at radius 3 is 2.13 bits per heavy atom. The van der Waals surface area contributed by atoms with Gasteiger partial charge in [0.05, 0.1) is 49.9 Å². The van der Waals surface area contributed by atoms with Crippen molar-refractivity contribution in [2.45, 2.75) is 121 Å². The number of hydrogen-bond donors (Lipinski definition) is 5. The molecule has 2 atom stereocenters. The van der Waals surface area contributed by atoms with Gasteiger partial charge in [0.25, 0.3) is 24.8 Å². The lowest BCUT2D eigenvalue weighted by atomic mass is 9.92. The molecule has 5 N–H and O–H groups in total. The van der Waals surface area contributed by atoms with E-state index >= 15 is 0 Å². The van der Waals surface area contributed by atoms with Crippen LogP contribution in [0, 0.1) is 21.8 Å². The lowest BCUT2D eigenvalue weighted by molar-refractivity contribution is -0.139. The summed E-state index contributed by atoms with van der Waals surface area (Å²) in [6, 6.07) is 14.0. The average molecular weight is 1380 g/mol. The Kier molecular flexibility index (Phi) is 32.0. The Bertz CT molecular complexity index is 2880. The number of likely N-dealkylation sites (tertiary alicyclic amines) is 2. The Hall–Kier alpha value is -7.13. The molecule has 0 saturated carbocycles. The summed E-state index contributed by atoms with van der Waals surface area (Å²) in [5.41, 5.74) is 5.12. The molecule has 1 aromatic heterocycles. The summed E-state index contributed by atoms with van der Waals surface area (Å²) in [5, 5.41) is 23.4. The summed E-state index contributed by atoms with van der Waals surface area (Å²) in [6.07, 6.45) is 18.4. The van der Waals surface area contributed by atoms with Crippen LogP contribution in [0.25, 0.3) is 10.9 Å². The summed E-state index contributed by atoms with van der Waals surface area (Å²) in [6.45, 7) is 4.79. The first-order valence-corrected chi connectivity index (χ1v) is 32.6. The van der Waals surface area contributed by atoms with Crippen LogP contribution < -0.4 is 26.1 Å². The van der Waals surface area contributed by atoms with E-state index in [2.05, 4.69) is 84.2 Å². The number of carbonyl (C=O) groups excluding carboxylic acids is 7. The lowest BCUT2D eigenvalue weighted by Crippen LogP contribution is -2.51. The Labute approximate surface area is 545 Å². The second-order valence-electron chi connectivity index (χ2n) is 23.3. The minimum absolute atomic E-state index is 0.00177. The highest BCUT2D eigenvalue weighted by molar-refractivity contribution is 14.1. The van der Waals surface area contributed by atoms with Gasteiger partial charge in [0.2, 0.25) is 23.6 Å². The van der Waals surface area contributed by atoms with Crippen LogP contribution in [0.2, 0.25) is 0 Å². The number of ether oxygens (including phenoxy) is 3. The maximum atomic E-state index is 14.0. The number of hydrazone groups is 1. The van der Waals surface area contributed by atoms with E-state index in [1.165, 1.54) is 17.8 Å². The first-order valence-electron chi connectivity index (χ1n) is 31.5. The summed E-state index contributed by atoms with van der Waals surface area (Å²) in [4.78, 5) is 114. The van der Waals surface area contributed by atoms with Gasteiger partial charge in [-0.25, -0.2) is 8.78 Å². The van der Waals surface area contributed by atoms with Gasteiger partial charge >= 0.3 is 5.97 Å². The highest BCUT2D eigenvalue weighted by atomic mass is 127. The molecule has 498 valence electrons. The number of amides is 5. The Morgan fingerprint density at radius 2 is 1.46 bits per heavy atom. The third-order valence-electron chi connectivity index (χ3n) is 16.3. The molecule has 3 aliphatic rings. The van der Waals surface area contributed by atoms with Crippen molar-refractivity contribution in [2.24, 2.45) is 11.0 Å². The van der Waals surface area contributed by atoms with Crippen molar-refractivity contribution < 1.29 is 66.5 Å². The number of hydrogen-bond acceptors (Lipinski definition) is 18. The monoisotopic (exact) mass is 1380 g/mol. The standard InChI is InChI=1S/C64H89F2IN12O12/c1-2-52-40-64(65,66)44-79(52)61(85)41-70-63(88)54-22-27-68-56-21-20-53(39-55(54)56)91-38-10-12-50-23-28-78(29-24-50)60(84)15-5-3-4-7-26-71-73-57(13-6-8-25-69-58(82)14-9-11-49-16-18-51(67)19-17-49)72-59(83)42-74-30-31-75(43-62(86)87)33-35-77(46-90-48-81)37-36-76(34-32-74)45-89-47-80/h1,16-22,26-27,39,47-48,50,52,57,73H,3-15,23-25,28-38,40-46H2,(H,69,82)(H,70,88)(H,72,83)(H,86,87)/b71-26+/t52-,57?/m0/s1. The number of nitrogens with one attached hydrogen (secondary N) is 4. The minimum atomic E-state index is -3.09. The zero-order chi connectivity index (χ0) is 65.2. The number of aryl methyl sites for hydroxylation is 1. The topological polar surface area (TPSA) is 277 Å². The van der Waals surface area contributed by atoms with Crippen LogP contribution in [0.4, 0.5) is 8.78 Å². The second kappa shape index (κ2) is 40.0. The number of pyridine rings is 1. The summed E-state index contributed by atoms with van der Waals surface area (Å²) < 4.78 is 45.3. The number of carbonyl (C=O) groups is 8. The summed E-state index contributed by atoms with van der Waals surface area (Å²) >= 11 is 2.27. The fourth-order valence-electron chi connectivity index (χ4n) is 11.2. The number of alkyl halides is 2. The average Bonchev–Trinajstić information content (AvgIpc) is 2.31. The second-order valence-corrected chi connectivity index (χ2v) is 24.5. The molecule has 1 unspecified atom stereocenters. The number of fused-ring (bicyclic) bond motifs is 1. The SMILES string of the molecule is C#C[C@H]1CC(F)(F)CN1C(=O)CNC(=O)c1ccnc2ccc(OCCCC3CCN(C(=O)CCCCC/C=N/NC(CCCCNC(=O)CCCc4ccc(I)cc4)NC(=O)CN4CCN(COC=O)CCN(COC=O)CCN(CC(=O)O)CC4)CC3)cc12. The molecule has 0 radical (unpaired) electrons. The third kappa shape index (κ3) is 27.3. The number of unbranched alkanes of at least 4 members (excludes halogenated alkanes) is 4. The molecule has 3 aromatic rings. The predicted octanol–water partition coefficient (Wildman–Crippen LogP) is 4.68. The lowest BCUT2D eigenvalue weighted by Gasteiger charge is -2.33. The molecule has 4 heterocycles. The van der Waals surface area contributed by atoms with E-state index in [1.807, 2.05) is 19.6 Å². The van der Waals surface area contributed by atoms with Crippen LogP contribution in [-0.2, 0) is 49.5 Å². The number of halogens is 3. The maximum absolute atomic E-state index is 14.0. The zero-order valence-electron chi connectivity index (χ0n) is 51.9. The van der Waals surface area contributed by atoms with Crippen molar-refractivity contribution in [3.63, 3.8) is 0 Å². The normalized spacial score (nSPS) is 17.7. The van der Waals surface area contributed by atoms with Gasteiger partial charge in [0.15, 0.2) is 0 Å². The van der Waals surface area contributed by atoms with Crippen molar-refractivity contribution in [1.82, 2.24) is 55.8 Å². The molecule has 3 aliphatic heterocycles. The first kappa shape index (κ1) is 72.9. The molecule has 6 rings (SSSR count). The molecular weight excluding hydrogens is 1290 g/mol. The van der Waals surface area contributed by atoms with Gasteiger partial charge in [-0.3, -0.25) is 68.4 Å².